The van der Waals surface area contributed by atoms with Gasteiger partial charge < -0.3 is 14.7 Å². The second kappa shape index (κ2) is 6.11. The highest BCUT2D eigenvalue weighted by Crippen LogP contribution is 2.36. The highest BCUT2D eigenvalue weighted by Gasteiger charge is 2.10. The molecule has 0 bridgehead atoms. The van der Waals surface area contributed by atoms with Gasteiger partial charge in [0.15, 0.2) is 11.5 Å². The maximum Gasteiger partial charge on any atom is 0.172 e. The predicted molar refractivity (Wildman–Crippen MR) is 69.2 cm³/mol. The molecule has 0 aliphatic carbocycles. The summed E-state index contributed by atoms with van der Waals surface area (Å²) in [5.74, 6) is 0.688. The molecule has 1 aromatic rings. The summed E-state index contributed by atoms with van der Waals surface area (Å²) in [5, 5.41) is 9.80. The third-order valence-corrected chi connectivity index (χ3v) is 3.32. The number of methoxy groups -OCH3 is 1. The number of aromatic hydroxyl groups is 1. The van der Waals surface area contributed by atoms with Gasteiger partial charge in [-0.25, -0.2) is 0 Å². The van der Waals surface area contributed by atoms with Crippen LogP contribution in [0.2, 0.25) is 0 Å². The molecule has 3 nitrogen and oxygen atoms in total. The van der Waals surface area contributed by atoms with Gasteiger partial charge in [0.2, 0.25) is 0 Å². The molecule has 0 radical (unpaired) electrons. The topological polar surface area (TPSA) is 32.7 Å². The van der Waals surface area contributed by atoms with E-state index in [1.165, 1.54) is 0 Å². The number of halogens is 1. The number of aryl methyl sites for hydroxylation is 1. The molecule has 0 aliphatic rings. The molecule has 4 heteroatoms. The lowest BCUT2D eigenvalue weighted by atomic mass is 10.1. The minimum atomic E-state index is 0.185. The summed E-state index contributed by atoms with van der Waals surface area (Å²) in [4.78, 5) is 2.15. The molecule has 0 unspecified atom stereocenters. The van der Waals surface area contributed by atoms with Crippen molar-refractivity contribution in [1.29, 1.82) is 0 Å². The van der Waals surface area contributed by atoms with Crippen molar-refractivity contribution >= 4 is 15.9 Å². The van der Waals surface area contributed by atoms with Crippen LogP contribution in [0.4, 0.5) is 0 Å². The normalized spacial score (nSPS) is 10.8. The first-order valence-electron chi connectivity index (χ1n) is 5.25. The number of hydrogen-bond acceptors (Lipinski definition) is 3. The summed E-state index contributed by atoms with van der Waals surface area (Å²) >= 11 is 3.40. The number of hydrogen-bond donors (Lipinski definition) is 1. The Morgan fingerprint density at radius 3 is 2.62 bits per heavy atom. The molecule has 1 aromatic carbocycles. The SMILES string of the molecule is COc1ccc(CCCN(C)C)c(Br)c1O. The lowest BCUT2D eigenvalue weighted by molar-refractivity contribution is 0.371. The first-order valence-corrected chi connectivity index (χ1v) is 6.04. The number of ether oxygens (including phenoxy) is 1. The van der Waals surface area contributed by atoms with Crippen LogP contribution in [0.15, 0.2) is 16.6 Å². The highest BCUT2D eigenvalue weighted by atomic mass is 79.9. The van der Waals surface area contributed by atoms with Gasteiger partial charge in [-0.1, -0.05) is 6.07 Å². The van der Waals surface area contributed by atoms with Crippen molar-refractivity contribution in [2.75, 3.05) is 27.7 Å². The van der Waals surface area contributed by atoms with Gasteiger partial charge >= 0.3 is 0 Å². The second-order valence-corrected chi connectivity index (χ2v) is 4.79. The van der Waals surface area contributed by atoms with Crippen LogP contribution in [0.5, 0.6) is 11.5 Å². The van der Waals surface area contributed by atoms with Crippen LogP contribution in [0.25, 0.3) is 0 Å². The van der Waals surface area contributed by atoms with Gasteiger partial charge in [0, 0.05) is 0 Å². The predicted octanol–water partition coefficient (Wildman–Crippen LogP) is 2.66. The van der Waals surface area contributed by atoms with Gasteiger partial charge in [-0.3, -0.25) is 0 Å². The van der Waals surface area contributed by atoms with Gasteiger partial charge in [-0.2, -0.15) is 0 Å². The summed E-state index contributed by atoms with van der Waals surface area (Å²) in [6.45, 7) is 1.04. The van der Waals surface area contributed by atoms with E-state index in [1.807, 2.05) is 6.07 Å². The van der Waals surface area contributed by atoms with Crippen molar-refractivity contribution in [3.05, 3.63) is 22.2 Å². The van der Waals surface area contributed by atoms with E-state index in [0.717, 1.165) is 29.4 Å². The average molecular weight is 288 g/mol. The van der Waals surface area contributed by atoms with Crippen LogP contribution in [-0.2, 0) is 6.42 Å². The molecule has 0 saturated heterocycles. The van der Waals surface area contributed by atoms with E-state index in [1.54, 1.807) is 13.2 Å². The fourth-order valence-corrected chi connectivity index (χ4v) is 2.06. The number of phenols is 1. The third kappa shape index (κ3) is 3.39. The van der Waals surface area contributed by atoms with Crippen LogP contribution < -0.4 is 4.74 Å². The van der Waals surface area contributed by atoms with Crippen LogP contribution in [-0.4, -0.2) is 37.8 Å². The molecular formula is C12H18BrNO2. The van der Waals surface area contributed by atoms with Gasteiger partial charge in [-0.15, -0.1) is 0 Å². The number of phenolic OH excluding ortho intramolecular Hbond substituents is 1. The molecule has 0 spiro atoms. The standard InChI is InChI=1S/C12H18BrNO2/c1-14(2)8-4-5-9-6-7-10(16-3)12(15)11(9)13/h6-7,15H,4-5,8H2,1-3H3. The fourth-order valence-electron chi connectivity index (χ4n) is 1.53. The van der Waals surface area contributed by atoms with Crippen LogP contribution in [0.1, 0.15) is 12.0 Å². The molecule has 0 fully saturated rings. The first-order chi connectivity index (χ1) is 7.56. The molecule has 1 N–H and O–H groups in total. The van der Waals surface area contributed by atoms with Crippen LogP contribution in [0.3, 0.4) is 0 Å². The lowest BCUT2D eigenvalue weighted by Gasteiger charge is -2.12. The summed E-state index contributed by atoms with van der Waals surface area (Å²) in [7, 11) is 5.66. The van der Waals surface area contributed by atoms with Crippen LogP contribution >= 0.6 is 15.9 Å². The molecular weight excluding hydrogens is 270 g/mol. The zero-order valence-electron chi connectivity index (χ0n) is 9.96. The first kappa shape index (κ1) is 13.3. The van der Waals surface area contributed by atoms with Gasteiger partial charge in [0.05, 0.1) is 11.6 Å². The Morgan fingerprint density at radius 1 is 1.38 bits per heavy atom. The van der Waals surface area contributed by atoms with E-state index in [9.17, 15) is 5.11 Å². The number of nitrogens with zero attached hydrogens (tertiary/aromatic N) is 1. The summed E-state index contributed by atoms with van der Waals surface area (Å²) < 4.78 is 5.78. The molecule has 1 rings (SSSR count). The van der Waals surface area contributed by atoms with E-state index >= 15 is 0 Å². The minimum Gasteiger partial charge on any atom is -0.503 e. The molecule has 90 valence electrons. The molecule has 0 heterocycles. The highest BCUT2D eigenvalue weighted by molar-refractivity contribution is 9.10. The van der Waals surface area contributed by atoms with E-state index in [4.69, 9.17) is 4.74 Å². The largest absolute Gasteiger partial charge is 0.503 e. The van der Waals surface area contributed by atoms with Crippen molar-refractivity contribution < 1.29 is 9.84 Å². The lowest BCUT2D eigenvalue weighted by Crippen LogP contribution is -2.13. The smallest absolute Gasteiger partial charge is 0.172 e. The van der Waals surface area contributed by atoms with Crippen molar-refractivity contribution in [2.24, 2.45) is 0 Å². The summed E-state index contributed by atoms with van der Waals surface area (Å²) in [5.41, 5.74) is 1.11. The van der Waals surface area contributed by atoms with Gasteiger partial charge in [0.25, 0.3) is 0 Å². The Bertz CT molecular complexity index is 353. The Labute approximate surface area is 105 Å². The Balaban J connectivity index is 2.71. The zero-order chi connectivity index (χ0) is 12.1. The van der Waals surface area contributed by atoms with Gasteiger partial charge in [-0.05, 0) is 61.0 Å². The third-order valence-electron chi connectivity index (χ3n) is 2.43. The maximum atomic E-state index is 9.80. The summed E-state index contributed by atoms with van der Waals surface area (Å²) in [6.07, 6.45) is 2.01. The second-order valence-electron chi connectivity index (χ2n) is 4.00. The van der Waals surface area contributed by atoms with Crippen molar-refractivity contribution in [3.63, 3.8) is 0 Å². The molecule has 16 heavy (non-hydrogen) atoms. The maximum absolute atomic E-state index is 9.80. The van der Waals surface area contributed by atoms with Crippen LogP contribution in [0, 0.1) is 0 Å². The van der Waals surface area contributed by atoms with E-state index in [2.05, 4.69) is 34.9 Å². The molecule has 0 aromatic heterocycles. The Morgan fingerprint density at radius 2 is 2.06 bits per heavy atom. The zero-order valence-corrected chi connectivity index (χ0v) is 11.5. The fraction of sp³-hybridized carbons (Fsp3) is 0.500. The molecule has 0 aliphatic heterocycles. The van der Waals surface area contributed by atoms with E-state index in [-0.39, 0.29) is 5.75 Å². The van der Waals surface area contributed by atoms with Crippen molar-refractivity contribution in [1.82, 2.24) is 4.90 Å². The Hall–Kier alpha value is -0.740. The number of rotatable bonds is 5. The minimum absolute atomic E-state index is 0.185. The van der Waals surface area contributed by atoms with Crippen molar-refractivity contribution in [2.45, 2.75) is 12.8 Å². The number of benzene rings is 1. The average Bonchev–Trinajstić information content (AvgIpc) is 2.24. The van der Waals surface area contributed by atoms with E-state index in [0.29, 0.717) is 5.75 Å². The molecule has 0 atom stereocenters. The van der Waals surface area contributed by atoms with Crippen molar-refractivity contribution in [3.8, 4) is 11.5 Å². The van der Waals surface area contributed by atoms with Gasteiger partial charge in [0.1, 0.15) is 0 Å². The quantitative estimate of drug-likeness (QED) is 0.904. The van der Waals surface area contributed by atoms with E-state index < -0.39 is 0 Å². The summed E-state index contributed by atoms with van der Waals surface area (Å²) in [6, 6.07) is 3.78. The Kier molecular flexibility index (Phi) is 5.09. The molecule has 0 amide bonds. The molecule has 0 saturated carbocycles. The monoisotopic (exact) mass is 287 g/mol.